The van der Waals surface area contributed by atoms with E-state index in [1.807, 2.05) is 0 Å². The Hall–Kier alpha value is -2.13. The van der Waals surface area contributed by atoms with E-state index in [1.54, 1.807) is 26.1 Å². The van der Waals surface area contributed by atoms with Crippen molar-refractivity contribution in [2.24, 2.45) is 5.73 Å². The molecule has 1 aliphatic rings. The number of piperidine rings is 1. The summed E-state index contributed by atoms with van der Waals surface area (Å²) in [6, 6.07) is 1.62. The van der Waals surface area contributed by atoms with Gasteiger partial charge in [-0.1, -0.05) is 5.16 Å². The van der Waals surface area contributed by atoms with Crippen LogP contribution in [0.15, 0.2) is 21.7 Å². The van der Waals surface area contributed by atoms with Gasteiger partial charge in [-0.3, -0.25) is 4.79 Å². The van der Waals surface area contributed by atoms with Crippen molar-refractivity contribution in [3.8, 4) is 0 Å². The monoisotopic (exact) mass is 352 g/mol. The van der Waals surface area contributed by atoms with Gasteiger partial charge in [0.25, 0.3) is 5.91 Å². The molecule has 0 saturated carbocycles. The summed E-state index contributed by atoms with van der Waals surface area (Å²) in [6.45, 7) is 3.91. The molecular formula is C15H20N4O4S. The summed E-state index contributed by atoms with van der Waals surface area (Å²) in [7, 11) is -3.69. The number of rotatable bonds is 4. The number of primary amides is 1. The maximum atomic E-state index is 12.9. The first kappa shape index (κ1) is 16.7. The minimum atomic E-state index is -3.69. The fourth-order valence-corrected chi connectivity index (χ4v) is 5.12. The van der Waals surface area contributed by atoms with E-state index in [-0.39, 0.29) is 23.1 Å². The fraction of sp³-hybridized carbons (Fsp3) is 0.467. The predicted octanol–water partition coefficient (Wildman–Crippen LogP) is 1.29. The number of nitrogens with zero attached hydrogens (tertiary/aromatic N) is 2. The van der Waals surface area contributed by atoms with Gasteiger partial charge in [0.15, 0.2) is 5.76 Å². The van der Waals surface area contributed by atoms with Gasteiger partial charge in [0.1, 0.15) is 10.6 Å². The van der Waals surface area contributed by atoms with Crippen molar-refractivity contribution >= 4 is 15.9 Å². The Balaban J connectivity index is 1.91. The van der Waals surface area contributed by atoms with Crippen LogP contribution in [0, 0.1) is 13.8 Å². The van der Waals surface area contributed by atoms with Crippen LogP contribution in [-0.2, 0) is 10.0 Å². The minimum absolute atomic E-state index is 0.105. The summed E-state index contributed by atoms with van der Waals surface area (Å²) in [5.41, 5.74) is 6.85. The summed E-state index contributed by atoms with van der Waals surface area (Å²) in [6.07, 6.45) is 3.13. The molecule has 0 bridgehead atoms. The normalized spacial score (nSPS) is 19.5. The average Bonchev–Trinajstić information content (AvgIpc) is 3.14. The van der Waals surface area contributed by atoms with Crippen molar-refractivity contribution in [3.05, 3.63) is 35.0 Å². The van der Waals surface area contributed by atoms with Gasteiger partial charge in [0.2, 0.25) is 10.0 Å². The lowest BCUT2D eigenvalue weighted by molar-refractivity contribution is 0.0998. The van der Waals surface area contributed by atoms with Crippen molar-refractivity contribution in [1.29, 1.82) is 0 Å². The van der Waals surface area contributed by atoms with Crippen LogP contribution in [-0.4, -0.2) is 41.9 Å². The second kappa shape index (κ2) is 6.06. The number of nitrogens with one attached hydrogen (secondary N) is 1. The molecule has 3 heterocycles. The van der Waals surface area contributed by atoms with Crippen molar-refractivity contribution in [3.63, 3.8) is 0 Å². The number of aromatic amines is 1. The van der Waals surface area contributed by atoms with Crippen molar-refractivity contribution in [1.82, 2.24) is 14.4 Å². The van der Waals surface area contributed by atoms with E-state index in [0.29, 0.717) is 29.9 Å². The first-order valence-electron chi connectivity index (χ1n) is 7.72. The van der Waals surface area contributed by atoms with E-state index < -0.39 is 15.9 Å². The molecular weight excluding hydrogens is 332 g/mol. The third kappa shape index (κ3) is 2.73. The van der Waals surface area contributed by atoms with Crippen molar-refractivity contribution in [2.45, 2.75) is 37.5 Å². The van der Waals surface area contributed by atoms with Crippen LogP contribution in [0.25, 0.3) is 0 Å². The number of sulfonamides is 1. The first-order chi connectivity index (χ1) is 11.3. The first-order valence-corrected chi connectivity index (χ1v) is 9.16. The predicted molar refractivity (Wildman–Crippen MR) is 86.0 cm³/mol. The third-order valence-electron chi connectivity index (χ3n) is 4.40. The number of aryl methyl sites for hydroxylation is 2. The molecule has 3 N–H and O–H groups in total. The molecule has 1 aliphatic heterocycles. The Morgan fingerprint density at radius 3 is 2.83 bits per heavy atom. The Morgan fingerprint density at radius 1 is 1.46 bits per heavy atom. The van der Waals surface area contributed by atoms with Crippen LogP contribution < -0.4 is 5.73 Å². The molecule has 2 aromatic heterocycles. The van der Waals surface area contributed by atoms with E-state index in [0.717, 1.165) is 6.42 Å². The van der Waals surface area contributed by atoms with Crippen LogP contribution in [0.5, 0.6) is 0 Å². The standard InChI is InChI=1S/C15H20N4O4S/c1-9-14(10(2)23-18-9)24(21,22)19-7-3-4-11(8-19)13-12(15(16)20)5-6-17-13/h5-6,11,17H,3-4,7-8H2,1-2H3,(H2,16,20). The quantitative estimate of drug-likeness (QED) is 0.858. The lowest BCUT2D eigenvalue weighted by atomic mass is 9.93. The zero-order chi connectivity index (χ0) is 17.5. The highest BCUT2D eigenvalue weighted by molar-refractivity contribution is 7.89. The van der Waals surface area contributed by atoms with E-state index in [4.69, 9.17) is 10.3 Å². The van der Waals surface area contributed by atoms with Gasteiger partial charge in [-0.05, 0) is 32.8 Å². The van der Waals surface area contributed by atoms with Gasteiger partial charge in [-0.15, -0.1) is 0 Å². The summed E-state index contributed by atoms with van der Waals surface area (Å²) in [4.78, 5) is 14.7. The largest absolute Gasteiger partial charge is 0.366 e. The number of nitrogens with two attached hydrogens (primary N) is 1. The summed E-state index contributed by atoms with van der Waals surface area (Å²) < 4.78 is 32.3. The topological polar surface area (TPSA) is 122 Å². The Kier molecular flexibility index (Phi) is 4.22. The molecule has 24 heavy (non-hydrogen) atoms. The Labute approximate surface area is 140 Å². The summed E-state index contributed by atoms with van der Waals surface area (Å²) in [5, 5.41) is 3.74. The van der Waals surface area contributed by atoms with Crippen LogP contribution in [0.3, 0.4) is 0 Å². The molecule has 1 atom stereocenters. The third-order valence-corrected chi connectivity index (χ3v) is 6.51. The number of aromatic nitrogens is 2. The summed E-state index contributed by atoms with van der Waals surface area (Å²) in [5.74, 6) is -0.337. The highest BCUT2D eigenvalue weighted by Gasteiger charge is 2.35. The lowest BCUT2D eigenvalue weighted by Crippen LogP contribution is -2.39. The van der Waals surface area contributed by atoms with Crippen LogP contribution >= 0.6 is 0 Å². The smallest absolute Gasteiger partial charge is 0.250 e. The Bertz CT molecular complexity index is 848. The zero-order valence-corrected chi connectivity index (χ0v) is 14.4. The number of hydrogen-bond acceptors (Lipinski definition) is 5. The van der Waals surface area contributed by atoms with Gasteiger partial charge in [-0.2, -0.15) is 4.31 Å². The molecule has 130 valence electrons. The van der Waals surface area contributed by atoms with Crippen molar-refractivity contribution < 1.29 is 17.7 Å². The fourth-order valence-electron chi connectivity index (χ4n) is 3.30. The highest BCUT2D eigenvalue weighted by atomic mass is 32.2. The van der Waals surface area contributed by atoms with Crippen LogP contribution in [0.2, 0.25) is 0 Å². The van der Waals surface area contributed by atoms with Crippen LogP contribution in [0.4, 0.5) is 0 Å². The van der Waals surface area contributed by atoms with E-state index >= 15 is 0 Å². The molecule has 1 saturated heterocycles. The minimum Gasteiger partial charge on any atom is -0.366 e. The lowest BCUT2D eigenvalue weighted by Gasteiger charge is -2.31. The number of H-pyrrole nitrogens is 1. The molecule has 0 aromatic carbocycles. The molecule has 1 amide bonds. The van der Waals surface area contributed by atoms with Gasteiger partial charge in [0.05, 0.1) is 5.56 Å². The average molecular weight is 352 g/mol. The number of hydrogen-bond donors (Lipinski definition) is 2. The Morgan fingerprint density at radius 2 is 2.21 bits per heavy atom. The van der Waals surface area contributed by atoms with Gasteiger partial charge in [-0.25, -0.2) is 8.42 Å². The van der Waals surface area contributed by atoms with Gasteiger partial charge >= 0.3 is 0 Å². The maximum absolute atomic E-state index is 12.9. The summed E-state index contributed by atoms with van der Waals surface area (Å²) >= 11 is 0. The van der Waals surface area contributed by atoms with E-state index in [2.05, 4.69) is 10.1 Å². The van der Waals surface area contributed by atoms with E-state index in [9.17, 15) is 13.2 Å². The molecule has 0 spiro atoms. The molecule has 0 aliphatic carbocycles. The van der Waals surface area contributed by atoms with Gasteiger partial charge in [0, 0.05) is 30.9 Å². The number of amides is 1. The molecule has 9 heteroatoms. The molecule has 1 fully saturated rings. The second-order valence-corrected chi connectivity index (χ2v) is 7.90. The molecule has 8 nitrogen and oxygen atoms in total. The number of carbonyl (C=O) groups is 1. The van der Waals surface area contributed by atoms with Gasteiger partial charge < -0.3 is 15.2 Å². The molecule has 0 radical (unpaired) electrons. The second-order valence-electron chi connectivity index (χ2n) is 6.02. The molecule has 3 rings (SSSR count). The number of carbonyl (C=O) groups excluding carboxylic acids is 1. The molecule has 1 unspecified atom stereocenters. The van der Waals surface area contributed by atoms with Crippen LogP contribution in [0.1, 0.15) is 46.3 Å². The maximum Gasteiger partial charge on any atom is 0.250 e. The SMILES string of the molecule is Cc1noc(C)c1S(=O)(=O)N1CCCC(c2[nH]ccc2C(N)=O)C1. The molecule has 2 aromatic rings. The zero-order valence-electron chi connectivity index (χ0n) is 13.6. The van der Waals surface area contributed by atoms with Crippen molar-refractivity contribution in [2.75, 3.05) is 13.1 Å². The van der Waals surface area contributed by atoms with E-state index in [1.165, 1.54) is 4.31 Å². The highest BCUT2D eigenvalue weighted by Crippen LogP contribution is 2.32.